The van der Waals surface area contributed by atoms with E-state index in [1.54, 1.807) is 16.8 Å². The maximum atomic E-state index is 13.6. The van der Waals surface area contributed by atoms with Gasteiger partial charge in [-0.3, -0.25) is 9.59 Å². The lowest BCUT2D eigenvalue weighted by Gasteiger charge is -2.22. The van der Waals surface area contributed by atoms with Crippen molar-refractivity contribution in [3.63, 3.8) is 0 Å². The summed E-state index contributed by atoms with van der Waals surface area (Å²) in [4.78, 5) is 33.7. The molecular weight excluding hydrogens is 524 g/mol. The van der Waals surface area contributed by atoms with Crippen LogP contribution in [-0.4, -0.2) is 49.2 Å². The quantitative estimate of drug-likeness (QED) is 0.228. The van der Waals surface area contributed by atoms with Crippen molar-refractivity contribution < 1.29 is 9.53 Å². The Hall–Kier alpha value is -4.70. The molecule has 40 heavy (non-hydrogen) atoms. The second kappa shape index (κ2) is 10.8. The van der Waals surface area contributed by atoms with Gasteiger partial charge in [-0.15, -0.1) is 0 Å². The molecule has 3 aromatic carbocycles. The zero-order valence-corrected chi connectivity index (χ0v) is 22.8. The average molecular weight is 551 g/mol. The van der Waals surface area contributed by atoms with Crippen LogP contribution < -0.4 is 10.3 Å². The number of ether oxygens (including phenoxy) is 1. The maximum Gasteiger partial charge on any atom is 0.262 e. The van der Waals surface area contributed by atoms with Crippen LogP contribution in [0.15, 0.2) is 100 Å². The molecule has 1 aliphatic heterocycles. The molecule has 6 rings (SSSR count). The van der Waals surface area contributed by atoms with Gasteiger partial charge >= 0.3 is 0 Å². The molecule has 0 fully saturated rings. The second-order valence-corrected chi connectivity index (χ2v) is 10.4. The van der Waals surface area contributed by atoms with Crippen molar-refractivity contribution in [3.8, 4) is 11.4 Å². The number of methoxy groups -OCH3 is 1. The first-order chi connectivity index (χ1) is 19.5. The number of hydrogen-bond donors (Lipinski definition) is 1. The summed E-state index contributed by atoms with van der Waals surface area (Å²) in [6.07, 6.45) is 2.09. The first-order valence-corrected chi connectivity index (χ1v) is 13.8. The number of nitrogens with zero attached hydrogens (tertiary/aromatic N) is 5. The third kappa shape index (κ3) is 5.01. The van der Waals surface area contributed by atoms with E-state index in [1.807, 2.05) is 85.8 Å². The maximum absolute atomic E-state index is 13.6. The number of carbonyl (C=O) groups excluding carboxylic acids is 1. The Balaban J connectivity index is 1.27. The van der Waals surface area contributed by atoms with Crippen molar-refractivity contribution in [1.82, 2.24) is 24.8 Å². The number of aryl methyl sites for hydroxylation is 1. The van der Waals surface area contributed by atoms with E-state index in [4.69, 9.17) is 9.84 Å². The molecule has 1 atom stereocenters. The molecule has 0 saturated heterocycles. The number of carbonyl (C=O) groups is 1. The monoisotopic (exact) mass is 550 g/mol. The summed E-state index contributed by atoms with van der Waals surface area (Å²) in [7, 11) is 1.63. The molecule has 9 nitrogen and oxygen atoms in total. The van der Waals surface area contributed by atoms with Crippen LogP contribution in [0.4, 0.5) is 0 Å². The Kier molecular flexibility index (Phi) is 6.91. The number of amides is 1. The van der Waals surface area contributed by atoms with Gasteiger partial charge in [-0.05, 0) is 54.4 Å². The van der Waals surface area contributed by atoms with Crippen LogP contribution in [0.5, 0.6) is 5.75 Å². The molecule has 1 amide bonds. The Labute approximate surface area is 234 Å². The Morgan fingerprint density at radius 1 is 1.05 bits per heavy atom. The summed E-state index contributed by atoms with van der Waals surface area (Å²) in [6.45, 7) is 2.03. The number of thioether (sulfide) groups is 1. The highest BCUT2D eigenvalue weighted by atomic mass is 32.2. The minimum Gasteiger partial charge on any atom is -0.497 e. The molecule has 3 heterocycles. The molecule has 0 unspecified atom stereocenters. The normalized spacial score (nSPS) is 14.9. The topological polar surface area (TPSA) is 105 Å². The van der Waals surface area contributed by atoms with E-state index in [9.17, 15) is 9.59 Å². The predicted octanol–water partition coefficient (Wildman–Crippen LogP) is 4.90. The summed E-state index contributed by atoms with van der Waals surface area (Å²) in [5.74, 6) is 0.627. The molecule has 0 radical (unpaired) electrons. The van der Waals surface area contributed by atoms with E-state index in [2.05, 4.69) is 15.1 Å². The number of rotatable bonds is 7. The van der Waals surface area contributed by atoms with Crippen molar-refractivity contribution in [1.29, 1.82) is 0 Å². The molecule has 1 aliphatic rings. The van der Waals surface area contributed by atoms with Crippen LogP contribution in [0.3, 0.4) is 0 Å². The smallest absolute Gasteiger partial charge is 0.262 e. The lowest BCUT2D eigenvalue weighted by molar-refractivity contribution is -0.130. The number of hydrazone groups is 1. The van der Waals surface area contributed by atoms with Gasteiger partial charge in [0.2, 0.25) is 0 Å². The van der Waals surface area contributed by atoms with Crippen molar-refractivity contribution in [2.75, 3.05) is 12.9 Å². The zero-order valence-electron chi connectivity index (χ0n) is 21.9. The summed E-state index contributed by atoms with van der Waals surface area (Å²) in [6, 6.07) is 25.1. The van der Waals surface area contributed by atoms with Crippen molar-refractivity contribution in [3.05, 3.63) is 112 Å². The van der Waals surface area contributed by atoms with Gasteiger partial charge in [0.25, 0.3) is 11.5 Å². The first-order valence-electron chi connectivity index (χ1n) is 12.8. The lowest BCUT2D eigenvalue weighted by atomic mass is 9.97. The number of aromatic nitrogens is 4. The highest BCUT2D eigenvalue weighted by molar-refractivity contribution is 7.99. The standard InChI is InChI=1S/C30H26N6O3S/c1-19-8-10-21(11-9-19)26-16-25(20-12-14-23(39-2)15-13-20)34-36(26)27(37)18-40-30-32-28-24(29(38)33-30)17-31-35(28)22-6-4-3-5-7-22/h3-15,17,26H,16,18H2,1-2H3,(H,32,33,38)/t26-/m0/s1. The van der Waals surface area contributed by atoms with Crippen molar-refractivity contribution in [2.24, 2.45) is 5.10 Å². The Bertz CT molecular complexity index is 1760. The fraction of sp³-hybridized carbons (Fsp3) is 0.167. The number of hydrogen-bond acceptors (Lipinski definition) is 7. The summed E-state index contributed by atoms with van der Waals surface area (Å²) in [5, 5.41) is 11.4. The molecule has 0 aliphatic carbocycles. The fourth-order valence-corrected chi connectivity index (χ4v) is 5.38. The van der Waals surface area contributed by atoms with E-state index in [-0.39, 0.29) is 23.3 Å². The molecule has 0 spiro atoms. The average Bonchev–Trinajstić information content (AvgIpc) is 3.63. The third-order valence-electron chi connectivity index (χ3n) is 6.80. The molecule has 2 aromatic heterocycles. The highest BCUT2D eigenvalue weighted by Gasteiger charge is 2.33. The molecule has 10 heteroatoms. The van der Waals surface area contributed by atoms with Gasteiger partial charge in [-0.2, -0.15) is 10.2 Å². The van der Waals surface area contributed by atoms with Crippen LogP contribution in [-0.2, 0) is 4.79 Å². The number of aromatic amines is 1. The van der Waals surface area contributed by atoms with Crippen molar-refractivity contribution in [2.45, 2.75) is 24.5 Å². The van der Waals surface area contributed by atoms with E-state index in [0.29, 0.717) is 22.6 Å². The fourth-order valence-electron chi connectivity index (χ4n) is 4.67. The highest BCUT2D eigenvalue weighted by Crippen LogP contribution is 2.34. The summed E-state index contributed by atoms with van der Waals surface area (Å²) < 4.78 is 6.91. The van der Waals surface area contributed by atoms with Crippen LogP contribution in [0.25, 0.3) is 16.7 Å². The predicted molar refractivity (Wildman–Crippen MR) is 155 cm³/mol. The van der Waals surface area contributed by atoms with E-state index >= 15 is 0 Å². The van der Waals surface area contributed by atoms with E-state index < -0.39 is 0 Å². The molecule has 0 saturated carbocycles. The largest absolute Gasteiger partial charge is 0.497 e. The molecule has 200 valence electrons. The summed E-state index contributed by atoms with van der Waals surface area (Å²) >= 11 is 1.17. The molecule has 1 N–H and O–H groups in total. The van der Waals surface area contributed by atoms with E-state index in [0.717, 1.165) is 33.8 Å². The lowest BCUT2D eigenvalue weighted by Crippen LogP contribution is -2.28. The summed E-state index contributed by atoms with van der Waals surface area (Å²) in [5.41, 5.74) is 4.84. The SMILES string of the molecule is COc1ccc(C2=NN(C(=O)CSc3nc4c(cnn4-c4ccccc4)c(=O)[nH]3)[C@H](c3ccc(C)cc3)C2)cc1. The molecule has 0 bridgehead atoms. The van der Waals surface area contributed by atoms with Gasteiger partial charge in [-0.1, -0.05) is 59.8 Å². The number of para-hydroxylation sites is 1. The number of nitrogens with one attached hydrogen (secondary N) is 1. The number of benzene rings is 3. The van der Waals surface area contributed by atoms with Gasteiger partial charge in [0.1, 0.15) is 11.1 Å². The van der Waals surface area contributed by atoms with Crippen LogP contribution in [0.1, 0.15) is 29.2 Å². The van der Waals surface area contributed by atoms with Gasteiger partial charge in [0.15, 0.2) is 10.8 Å². The van der Waals surface area contributed by atoms with Crippen LogP contribution in [0, 0.1) is 6.92 Å². The minimum absolute atomic E-state index is 0.0513. The van der Waals surface area contributed by atoms with Gasteiger partial charge in [-0.25, -0.2) is 14.7 Å². The zero-order chi connectivity index (χ0) is 27.6. The number of H-pyrrole nitrogens is 1. The number of fused-ring (bicyclic) bond motifs is 1. The van der Waals surface area contributed by atoms with Gasteiger partial charge in [0, 0.05) is 6.42 Å². The van der Waals surface area contributed by atoms with Gasteiger partial charge in [0.05, 0.1) is 36.5 Å². The molecular formula is C30H26N6O3S. The first kappa shape index (κ1) is 25.6. The Morgan fingerprint density at radius 3 is 2.52 bits per heavy atom. The van der Waals surface area contributed by atoms with Crippen molar-refractivity contribution >= 4 is 34.4 Å². The van der Waals surface area contributed by atoms with Gasteiger partial charge < -0.3 is 9.72 Å². The second-order valence-electron chi connectivity index (χ2n) is 9.43. The third-order valence-corrected chi connectivity index (χ3v) is 7.66. The van der Waals surface area contributed by atoms with Crippen LogP contribution >= 0.6 is 11.8 Å². The Morgan fingerprint density at radius 2 is 1.80 bits per heavy atom. The van der Waals surface area contributed by atoms with Crippen LogP contribution in [0.2, 0.25) is 0 Å². The molecule has 5 aromatic rings. The minimum atomic E-state index is -0.305. The van der Waals surface area contributed by atoms with E-state index in [1.165, 1.54) is 18.0 Å².